The molecular weight excluding hydrogens is 228 g/mol. The van der Waals surface area contributed by atoms with Gasteiger partial charge >= 0.3 is 0 Å². The van der Waals surface area contributed by atoms with Gasteiger partial charge in [-0.3, -0.25) is 0 Å². The molecule has 0 radical (unpaired) electrons. The van der Waals surface area contributed by atoms with Crippen molar-refractivity contribution in [3.8, 4) is 0 Å². The predicted octanol–water partition coefficient (Wildman–Crippen LogP) is 4.67. The Hall–Kier alpha value is -1.27. The molecule has 88 valence electrons. The van der Waals surface area contributed by atoms with Gasteiger partial charge in [-0.2, -0.15) is 0 Å². The zero-order chi connectivity index (χ0) is 12.3. The number of hydrogen-bond donors (Lipinski definition) is 0. The van der Waals surface area contributed by atoms with Crippen LogP contribution in [0.15, 0.2) is 48.5 Å². The highest BCUT2D eigenvalue weighted by Crippen LogP contribution is 2.26. The van der Waals surface area contributed by atoms with E-state index in [9.17, 15) is 0 Å². The summed E-state index contributed by atoms with van der Waals surface area (Å²) in [5.41, 5.74) is 5.14. The van der Waals surface area contributed by atoms with Crippen LogP contribution in [0.4, 0.5) is 0 Å². The lowest BCUT2D eigenvalue weighted by atomic mass is 9.92. The lowest BCUT2D eigenvalue weighted by Crippen LogP contribution is -2.02. The quantitative estimate of drug-likeness (QED) is 0.688. The first kappa shape index (κ1) is 12.2. The van der Waals surface area contributed by atoms with Gasteiger partial charge in [0, 0.05) is 11.8 Å². The normalized spacial score (nSPS) is 10.8. The van der Waals surface area contributed by atoms with Gasteiger partial charge in [0.05, 0.1) is 0 Å². The van der Waals surface area contributed by atoms with E-state index in [2.05, 4.69) is 62.4 Å². The average Bonchev–Trinajstić information content (AvgIpc) is 2.35. The van der Waals surface area contributed by atoms with Crippen LogP contribution in [-0.2, 0) is 0 Å². The van der Waals surface area contributed by atoms with Crippen LogP contribution >= 0.6 is 11.6 Å². The maximum atomic E-state index is 6.12. The molecule has 0 aliphatic rings. The van der Waals surface area contributed by atoms with Gasteiger partial charge in [-0.05, 0) is 25.0 Å². The lowest BCUT2D eigenvalue weighted by Gasteiger charge is -2.15. The second-order valence-corrected chi connectivity index (χ2v) is 4.84. The summed E-state index contributed by atoms with van der Waals surface area (Å²) in [6.45, 7) is 4.21. The highest BCUT2D eigenvalue weighted by Gasteiger charge is 2.12. The molecule has 0 aliphatic heterocycles. The monoisotopic (exact) mass is 244 g/mol. The van der Waals surface area contributed by atoms with E-state index in [-0.39, 0.29) is 5.92 Å². The number of alkyl halides is 1. The number of hydrogen-bond acceptors (Lipinski definition) is 0. The average molecular weight is 245 g/mol. The Bertz CT molecular complexity index is 422. The molecule has 0 bridgehead atoms. The van der Waals surface area contributed by atoms with Crippen molar-refractivity contribution in [1.82, 2.24) is 0 Å². The topological polar surface area (TPSA) is 0 Å². The number of halogens is 1. The number of rotatable bonds is 3. The van der Waals surface area contributed by atoms with Gasteiger partial charge < -0.3 is 0 Å². The zero-order valence-corrected chi connectivity index (χ0v) is 11.0. The van der Waals surface area contributed by atoms with E-state index >= 15 is 0 Å². The molecule has 2 rings (SSSR count). The van der Waals surface area contributed by atoms with Crippen molar-refractivity contribution in [2.24, 2.45) is 0 Å². The van der Waals surface area contributed by atoms with E-state index in [0.29, 0.717) is 5.88 Å². The largest absolute Gasteiger partial charge is 0.126 e. The summed E-state index contributed by atoms with van der Waals surface area (Å²) < 4.78 is 0. The summed E-state index contributed by atoms with van der Waals surface area (Å²) in [4.78, 5) is 0. The molecule has 0 unspecified atom stereocenters. The molecule has 0 saturated carbocycles. The molecule has 2 aromatic carbocycles. The fourth-order valence-corrected chi connectivity index (χ4v) is 2.32. The standard InChI is InChI=1S/C16H17Cl/c1-12-3-7-14(8-4-12)16(11-17)15-9-5-13(2)6-10-15/h3-10,16H,11H2,1-2H3. The fraction of sp³-hybridized carbons (Fsp3) is 0.250. The van der Waals surface area contributed by atoms with E-state index in [1.807, 2.05) is 0 Å². The first-order valence-corrected chi connectivity index (χ1v) is 6.43. The summed E-state index contributed by atoms with van der Waals surface area (Å²) in [7, 11) is 0. The minimum atomic E-state index is 0.290. The van der Waals surface area contributed by atoms with E-state index in [1.165, 1.54) is 22.3 Å². The Morgan fingerprint density at radius 1 is 0.765 bits per heavy atom. The highest BCUT2D eigenvalue weighted by atomic mass is 35.5. The van der Waals surface area contributed by atoms with Crippen molar-refractivity contribution in [2.75, 3.05) is 5.88 Å². The molecule has 1 heteroatoms. The van der Waals surface area contributed by atoms with Crippen LogP contribution in [0, 0.1) is 13.8 Å². The van der Waals surface area contributed by atoms with Crippen molar-refractivity contribution in [3.05, 3.63) is 70.8 Å². The molecule has 0 aliphatic carbocycles. The molecule has 17 heavy (non-hydrogen) atoms. The SMILES string of the molecule is Cc1ccc(C(CCl)c2ccc(C)cc2)cc1. The zero-order valence-electron chi connectivity index (χ0n) is 10.3. The van der Waals surface area contributed by atoms with Crippen LogP contribution < -0.4 is 0 Å². The Kier molecular flexibility index (Phi) is 3.86. The van der Waals surface area contributed by atoms with Crippen LogP contribution in [0.25, 0.3) is 0 Å². The minimum Gasteiger partial charge on any atom is -0.126 e. The molecule has 0 heterocycles. The maximum Gasteiger partial charge on any atom is 0.0333 e. The third-order valence-electron chi connectivity index (χ3n) is 3.11. The van der Waals surface area contributed by atoms with Gasteiger partial charge in [-0.15, -0.1) is 11.6 Å². The molecular formula is C16H17Cl. The first-order valence-electron chi connectivity index (χ1n) is 5.90. The third-order valence-corrected chi connectivity index (χ3v) is 3.42. The van der Waals surface area contributed by atoms with Crippen LogP contribution in [-0.4, -0.2) is 5.88 Å². The second kappa shape index (κ2) is 5.37. The van der Waals surface area contributed by atoms with Gasteiger partial charge in [0.2, 0.25) is 0 Å². The smallest absolute Gasteiger partial charge is 0.0333 e. The molecule has 0 spiro atoms. The summed E-state index contributed by atoms with van der Waals surface area (Å²) in [5, 5.41) is 0. The highest BCUT2D eigenvalue weighted by molar-refractivity contribution is 6.18. The third kappa shape index (κ3) is 2.89. The van der Waals surface area contributed by atoms with Crippen molar-refractivity contribution in [1.29, 1.82) is 0 Å². The molecule has 0 aromatic heterocycles. The Morgan fingerprint density at radius 2 is 1.12 bits per heavy atom. The van der Waals surface area contributed by atoms with E-state index in [0.717, 1.165) is 0 Å². The number of benzene rings is 2. The van der Waals surface area contributed by atoms with Crippen LogP contribution in [0.5, 0.6) is 0 Å². The van der Waals surface area contributed by atoms with Gasteiger partial charge in [0.15, 0.2) is 0 Å². The summed E-state index contributed by atoms with van der Waals surface area (Å²) in [6.07, 6.45) is 0. The minimum absolute atomic E-state index is 0.290. The van der Waals surface area contributed by atoms with Crippen molar-refractivity contribution >= 4 is 11.6 Å². The van der Waals surface area contributed by atoms with Crippen LogP contribution in [0.2, 0.25) is 0 Å². The molecule has 0 atom stereocenters. The molecule has 0 nitrogen and oxygen atoms in total. The molecule has 0 saturated heterocycles. The van der Waals surface area contributed by atoms with Gasteiger partial charge in [0.25, 0.3) is 0 Å². The Balaban J connectivity index is 2.33. The van der Waals surface area contributed by atoms with Crippen LogP contribution in [0.3, 0.4) is 0 Å². The van der Waals surface area contributed by atoms with Crippen molar-refractivity contribution in [3.63, 3.8) is 0 Å². The Labute approximate surface area is 108 Å². The Morgan fingerprint density at radius 3 is 1.41 bits per heavy atom. The van der Waals surface area contributed by atoms with Crippen molar-refractivity contribution < 1.29 is 0 Å². The van der Waals surface area contributed by atoms with Gasteiger partial charge in [-0.25, -0.2) is 0 Å². The summed E-state index contributed by atoms with van der Waals surface area (Å²) in [5.74, 6) is 0.907. The number of aryl methyl sites for hydroxylation is 2. The fourth-order valence-electron chi connectivity index (χ4n) is 1.97. The first-order chi connectivity index (χ1) is 8.20. The summed E-state index contributed by atoms with van der Waals surface area (Å²) in [6, 6.07) is 17.2. The van der Waals surface area contributed by atoms with Crippen molar-refractivity contribution in [2.45, 2.75) is 19.8 Å². The molecule has 2 aromatic rings. The molecule has 0 amide bonds. The predicted molar refractivity (Wildman–Crippen MR) is 74.9 cm³/mol. The van der Waals surface area contributed by atoms with E-state index in [1.54, 1.807) is 0 Å². The summed E-state index contributed by atoms with van der Waals surface area (Å²) >= 11 is 6.12. The van der Waals surface area contributed by atoms with Crippen LogP contribution in [0.1, 0.15) is 28.2 Å². The molecule has 0 N–H and O–H groups in total. The molecule has 0 fully saturated rings. The van der Waals surface area contributed by atoms with Gasteiger partial charge in [-0.1, -0.05) is 59.7 Å². The maximum absolute atomic E-state index is 6.12. The lowest BCUT2D eigenvalue weighted by molar-refractivity contribution is 0.929. The van der Waals surface area contributed by atoms with Gasteiger partial charge in [0.1, 0.15) is 0 Å². The second-order valence-electron chi connectivity index (χ2n) is 4.53. The van der Waals surface area contributed by atoms with E-state index in [4.69, 9.17) is 11.6 Å². The van der Waals surface area contributed by atoms with E-state index < -0.39 is 0 Å².